The van der Waals surface area contributed by atoms with Gasteiger partial charge in [-0.25, -0.2) is 9.48 Å². The molecule has 0 atom stereocenters. The summed E-state index contributed by atoms with van der Waals surface area (Å²) in [4.78, 5) is 26.7. The molecule has 178 valence electrons. The molecule has 0 spiro atoms. The van der Waals surface area contributed by atoms with Crippen LogP contribution in [0.4, 0.5) is 13.2 Å². The Balaban J connectivity index is 2.01. The molecule has 35 heavy (non-hydrogen) atoms. The molecule has 0 fully saturated rings. The van der Waals surface area contributed by atoms with E-state index in [1.54, 1.807) is 51.1 Å². The average molecular weight is 479 g/mol. The van der Waals surface area contributed by atoms with Gasteiger partial charge in [0, 0.05) is 12.2 Å². The number of nitriles is 1. The van der Waals surface area contributed by atoms with Crippen molar-refractivity contribution in [1.82, 2.24) is 18.9 Å². The lowest BCUT2D eigenvalue weighted by Gasteiger charge is -2.18. The molecular formula is C25H20F3N5O2. The summed E-state index contributed by atoms with van der Waals surface area (Å²) in [6.45, 7) is 4.88. The standard InChI is InChI=1S/C25H20F3N5O2/c1-15(2)32-23(34)20(21-10-11-30-33(21)19-8-5-17(13-29)6-9-19)14-31(24(32)35)22-12-18(25(26,27)28)7-4-16(22)3/h4-12,14-15H,1-3H3. The molecule has 0 saturated heterocycles. The van der Waals surface area contributed by atoms with E-state index in [1.165, 1.54) is 23.1 Å². The van der Waals surface area contributed by atoms with E-state index >= 15 is 0 Å². The van der Waals surface area contributed by atoms with Crippen LogP contribution in [0.2, 0.25) is 0 Å². The molecule has 0 amide bonds. The van der Waals surface area contributed by atoms with Crippen molar-refractivity contribution in [1.29, 1.82) is 5.26 Å². The number of alkyl halides is 3. The summed E-state index contributed by atoms with van der Waals surface area (Å²) >= 11 is 0. The molecule has 0 aliphatic carbocycles. The summed E-state index contributed by atoms with van der Waals surface area (Å²) in [5, 5.41) is 13.3. The third-order valence-corrected chi connectivity index (χ3v) is 5.59. The third-order valence-electron chi connectivity index (χ3n) is 5.59. The summed E-state index contributed by atoms with van der Waals surface area (Å²) in [6, 6.07) is 12.7. The van der Waals surface area contributed by atoms with Crippen molar-refractivity contribution in [2.45, 2.75) is 33.0 Å². The summed E-state index contributed by atoms with van der Waals surface area (Å²) in [6.07, 6.45) is -1.88. The molecule has 0 saturated carbocycles. The van der Waals surface area contributed by atoms with Gasteiger partial charge < -0.3 is 0 Å². The molecule has 2 aromatic heterocycles. The molecule has 2 heterocycles. The fraction of sp³-hybridized carbons (Fsp3) is 0.200. The van der Waals surface area contributed by atoms with Crippen molar-refractivity contribution >= 4 is 0 Å². The molecule has 0 bridgehead atoms. The summed E-state index contributed by atoms with van der Waals surface area (Å²) in [7, 11) is 0. The van der Waals surface area contributed by atoms with Crippen LogP contribution in [0.3, 0.4) is 0 Å². The molecule has 2 aromatic carbocycles. The van der Waals surface area contributed by atoms with Crippen molar-refractivity contribution in [3.8, 4) is 28.7 Å². The van der Waals surface area contributed by atoms with E-state index in [1.807, 2.05) is 6.07 Å². The number of aromatic nitrogens is 4. The molecule has 10 heteroatoms. The van der Waals surface area contributed by atoms with Crippen LogP contribution >= 0.6 is 0 Å². The third kappa shape index (κ3) is 4.28. The van der Waals surface area contributed by atoms with E-state index in [4.69, 9.17) is 5.26 Å². The van der Waals surface area contributed by atoms with E-state index in [0.29, 0.717) is 22.5 Å². The molecule has 4 rings (SSSR count). The second-order valence-corrected chi connectivity index (χ2v) is 8.25. The lowest BCUT2D eigenvalue weighted by atomic mass is 10.1. The Kier molecular flexibility index (Phi) is 5.94. The highest BCUT2D eigenvalue weighted by Crippen LogP contribution is 2.31. The highest BCUT2D eigenvalue weighted by molar-refractivity contribution is 5.61. The van der Waals surface area contributed by atoms with Crippen LogP contribution in [-0.4, -0.2) is 18.9 Å². The molecule has 0 aliphatic rings. The topological polar surface area (TPSA) is 85.6 Å². The number of halogens is 3. The zero-order valence-electron chi connectivity index (χ0n) is 19.0. The predicted molar refractivity (Wildman–Crippen MR) is 124 cm³/mol. The first-order chi connectivity index (χ1) is 16.5. The van der Waals surface area contributed by atoms with Crippen molar-refractivity contribution < 1.29 is 13.2 Å². The highest BCUT2D eigenvalue weighted by atomic mass is 19.4. The first-order valence-corrected chi connectivity index (χ1v) is 10.6. The maximum absolute atomic E-state index is 13.4. The lowest BCUT2D eigenvalue weighted by molar-refractivity contribution is -0.137. The summed E-state index contributed by atoms with van der Waals surface area (Å²) < 4.78 is 43.8. The Labute approximate surface area is 197 Å². The van der Waals surface area contributed by atoms with Crippen molar-refractivity contribution in [3.05, 3.63) is 98.5 Å². The largest absolute Gasteiger partial charge is 0.416 e. The van der Waals surface area contributed by atoms with Gasteiger partial charge in [0.2, 0.25) is 0 Å². The predicted octanol–water partition coefficient (Wildman–Crippen LogP) is 4.63. The Bertz CT molecular complexity index is 1570. The zero-order valence-corrected chi connectivity index (χ0v) is 19.0. The van der Waals surface area contributed by atoms with Gasteiger partial charge in [0.1, 0.15) is 0 Å². The maximum Gasteiger partial charge on any atom is 0.416 e. The number of hydrogen-bond acceptors (Lipinski definition) is 4. The lowest BCUT2D eigenvalue weighted by Crippen LogP contribution is -2.41. The Morgan fingerprint density at radius 1 is 1.03 bits per heavy atom. The second kappa shape index (κ2) is 8.76. The van der Waals surface area contributed by atoms with Crippen LogP contribution in [0.15, 0.2) is 70.5 Å². The van der Waals surface area contributed by atoms with E-state index in [9.17, 15) is 22.8 Å². The van der Waals surface area contributed by atoms with Gasteiger partial charge in [-0.3, -0.25) is 13.9 Å². The van der Waals surface area contributed by atoms with Gasteiger partial charge in [0.05, 0.1) is 46.0 Å². The maximum atomic E-state index is 13.4. The number of nitrogens with zero attached hydrogens (tertiary/aromatic N) is 5. The van der Waals surface area contributed by atoms with Crippen LogP contribution in [-0.2, 0) is 6.18 Å². The van der Waals surface area contributed by atoms with E-state index < -0.39 is 29.0 Å². The molecule has 0 unspecified atom stereocenters. The van der Waals surface area contributed by atoms with Gasteiger partial charge in [-0.2, -0.15) is 23.5 Å². The Hall–Kier alpha value is -4.39. The fourth-order valence-corrected chi connectivity index (χ4v) is 3.81. The van der Waals surface area contributed by atoms with Gasteiger partial charge >= 0.3 is 11.9 Å². The van der Waals surface area contributed by atoms with Crippen LogP contribution in [0, 0.1) is 18.3 Å². The minimum atomic E-state index is -4.60. The molecule has 4 aromatic rings. The minimum absolute atomic E-state index is 0.0184. The van der Waals surface area contributed by atoms with Crippen LogP contribution in [0.5, 0.6) is 0 Å². The normalized spacial score (nSPS) is 11.6. The molecule has 7 nitrogen and oxygen atoms in total. The average Bonchev–Trinajstić information content (AvgIpc) is 3.28. The summed E-state index contributed by atoms with van der Waals surface area (Å²) in [5.41, 5.74) is -0.376. The van der Waals surface area contributed by atoms with Gasteiger partial charge in [-0.05, 0) is 68.8 Å². The second-order valence-electron chi connectivity index (χ2n) is 8.25. The van der Waals surface area contributed by atoms with Crippen LogP contribution < -0.4 is 11.2 Å². The SMILES string of the molecule is Cc1ccc(C(F)(F)F)cc1-n1cc(-c2ccnn2-c2ccc(C#N)cc2)c(=O)n(C(C)C)c1=O. The highest BCUT2D eigenvalue weighted by Gasteiger charge is 2.31. The number of benzene rings is 2. The first kappa shape index (κ1) is 23.8. The fourth-order valence-electron chi connectivity index (χ4n) is 3.81. The summed E-state index contributed by atoms with van der Waals surface area (Å²) in [5.74, 6) is 0. The Morgan fingerprint density at radius 3 is 2.31 bits per heavy atom. The monoisotopic (exact) mass is 479 g/mol. The smallest absolute Gasteiger partial charge is 0.268 e. The minimum Gasteiger partial charge on any atom is -0.268 e. The number of hydrogen-bond donors (Lipinski definition) is 0. The van der Waals surface area contributed by atoms with Crippen molar-refractivity contribution in [2.24, 2.45) is 0 Å². The Morgan fingerprint density at radius 2 is 1.71 bits per heavy atom. The van der Waals surface area contributed by atoms with Gasteiger partial charge in [0.15, 0.2) is 0 Å². The van der Waals surface area contributed by atoms with Crippen molar-refractivity contribution in [3.63, 3.8) is 0 Å². The van der Waals surface area contributed by atoms with Gasteiger partial charge in [-0.15, -0.1) is 0 Å². The van der Waals surface area contributed by atoms with E-state index in [-0.39, 0.29) is 11.3 Å². The zero-order chi connectivity index (χ0) is 25.5. The molecule has 0 aliphatic heterocycles. The first-order valence-electron chi connectivity index (χ1n) is 10.6. The quantitative estimate of drug-likeness (QED) is 0.427. The van der Waals surface area contributed by atoms with Crippen LogP contribution in [0.1, 0.15) is 36.6 Å². The van der Waals surface area contributed by atoms with Crippen LogP contribution in [0.25, 0.3) is 22.6 Å². The molecule has 0 radical (unpaired) electrons. The molecular weight excluding hydrogens is 459 g/mol. The molecule has 0 N–H and O–H groups in total. The number of rotatable bonds is 4. The van der Waals surface area contributed by atoms with Gasteiger partial charge in [-0.1, -0.05) is 6.07 Å². The van der Waals surface area contributed by atoms with E-state index in [0.717, 1.165) is 21.3 Å². The number of aryl methyl sites for hydroxylation is 1. The van der Waals surface area contributed by atoms with E-state index in [2.05, 4.69) is 5.10 Å². The van der Waals surface area contributed by atoms with Gasteiger partial charge in [0.25, 0.3) is 5.56 Å². The van der Waals surface area contributed by atoms with Crippen molar-refractivity contribution in [2.75, 3.05) is 0 Å².